The standard InChI is InChI=1S/C14H9BrClF3O/c1-20-8-5-11(18)13(12(19)6-8)14(15)7-2-3-10(17)9(16)4-7/h2-6,14H,1H3. The fourth-order valence-corrected chi connectivity index (χ4v) is 2.67. The van der Waals surface area contributed by atoms with Gasteiger partial charge in [-0.2, -0.15) is 0 Å². The van der Waals surface area contributed by atoms with Gasteiger partial charge < -0.3 is 4.74 Å². The molecule has 6 heteroatoms. The molecule has 0 aromatic heterocycles. The molecule has 1 atom stereocenters. The van der Waals surface area contributed by atoms with Crippen molar-refractivity contribution in [1.29, 1.82) is 0 Å². The zero-order valence-electron chi connectivity index (χ0n) is 10.3. The van der Waals surface area contributed by atoms with E-state index in [0.717, 1.165) is 18.2 Å². The van der Waals surface area contributed by atoms with Crippen LogP contribution in [-0.2, 0) is 0 Å². The third kappa shape index (κ3) is 2.94. The Morgan fingerprint density at radius 3 is 2.15 bits per heavy atom. The van der Waals surface area contributed by atoms with E-state index in [4.69, 9.17) is 16.3 Å². The van der Waals surface area contributed by atoms with Gasteiger partial charge in [-0.1, -0.05) is 33.6 Å². The Morgan fingerprint density at radius 2 is 1.65 bits per heavy atom. The van der Waals surface area contributed by atoms with Crippen LogP contribution in [0.1, 0.15) is 16.0 Å². The van der Waals surface area contributed by atoms with Crippen molar-refractivity contribution in [3.05, 3.63) is 63.9 Å². The molecule has 0 aliphatic rings. The normalized spacial score (nSPS) is 12.3. The molecule has 0 aliphatic carbocycles. The van der Waals surface area contributed by atoms with E-state index >= 15 is 0 Å². The monoisotopic (exact) mass is 364 g/mol. The molecule has 0 saturated heterocycles. The Morgan fingerprint density at radius 1 is 1.05 bits per heavy atom. The van der Waals surface area contributed by atoms with Gasteiger partial charge in [0.05, 0.1) is 17.0 Å². The summed E-state index contributed by atoms with van der Waals surface area (Å²) in [7, 11) is 1.32. The zero-order chi connectivity index (χ0) is 14.9. The van der Waals surface area contributed by atoms with E-state index < -0.39 is 22.3 Å². The summed E-state index contributed by atoms with van der Waals surface area (Å²) in [6.07, 6.45) is 0. The molecule has 0 radical (unpaired) electrons. The van der Waals surface area contributed by atoms with E-state index in [9.17, 15) is 13.2 Å². The van der Waals surface area contributed by atoms with Crippen molar-refractivity contribution in [2.24, 2.45) is 0 Å². The summed E-state index contributed by atoms with van der Waals surface area (Å²) in [4.78, 5) is -0.786. The van der Waals surface area contributed by atoms with Crippen molar-refractivity contribution < 1.29 is 17.9 Å². The van der Waals surface area contributed by atoms with Crippen LogP contribution in [0.15, 0.2) is 30.3 Å². The van der Waals surface area contributed by atoms with Crippen LogP contribution < -0.4 is 4.74 Å². The second-order valence-corrected chi connectivity index (χ2v) is 5.36. The molecule has 2 rings (SSSR count). The summed E-state index contributed by atoms with van der Waals surface area (Å²) >= 11 is 8.87. The zero-order valence-corrected chi connectivity index (χ0v) is 12.6. The van der Waals surface area contributed by atoms with Crippen molar-refractivity contribution in [2.45, 2.75) is 4.83 Å². The predicted octanol–water partition coefficient (Wildman–Crippen LogP) is 5.25. The summed E-state index contributed by atoms with van der Waals surface area (Å²) in [6.45, 7) is 0. The minimum atomic E-state index is -0.786. The van der Waals surface area contributed by atoms with Crippen molar-refractivity contribution >= 4 is 27.5 Å². The fourth-order valence-electron chi connectivity index (χ4n) is 1.76. The average molecular weight is 366 g/mol. The van der Waals surface area contributed by atoms with Crippen LogP contribution in [0.25, 0.3) is 0 Å². The molecular formula is C14H9BrClF3O. The quantitative estimate of drug-likeness (QED) is 0.675. The number of hydrogen-bond acceptors (Lipinski definition) is 1. The number of alkyl halides is 1. The van der Waals surface area contributed by atoms with Crippen LogP contribution in [0.5, 0.6) is 5.75 Å². The van der Waals surface area contributed by atoms with Gasteiger partial charge in [-0.15, -0.1) is 0 Å². The molecule has 0 bridgehead atoms. The van der Waals surface area contributed by atoms with E-state index in [-0.39, 0.29) is 16.3 Å². The molecule has 0 spiro atoms. The van der Waals surface area contributed by atoms with Crippen LogP contribution >= 0.6 is 27.5 Å². The lowest BCUT2D eigenvalue weighted by Crippen LogP contribution is -2.02. The first-order valence-corrected chi connectivity index (χ1v) is 6.85. The number of benzene rings is 2. The lowest BCUT2D eigenvalue weighted by molar-refractivity contribution is 0.405. The van der Waals surface area contributed by atoms with E-state index in [1.54, 1.807) is 0 Å². The maximum atomic E-state index is 14.0. The van der Waals surface area contributed by atoms with Gasteiger partial charge in [0.15, 0.2) is 0 Å². The first-order valence-electron chi connectivity index (χ1n) is 5.56. The lowest BCUT2D eigenvalue weighted by Gasteiger charge is -2.14. The van der Waals surface area contributed by atoms with Crippen molar-refractivity contribution in [3.8, 4) is 5.75 Å². The summed E-state index contributed by atoms with van der Waals surface area (Å²) in [5.41, 5.74) is 0.257. The maximum Gasteiger partial charge on any atom is 0.141 e. The van der Waals surface area contributed by atoms with E-state index in [0.29, 0.717) is 5.56 Å². The molecule has 106 valence electrons. The molecule has 1 nitrogen and oxygen atoms in total. The van der Waals surface area contributed by atoms with Gasteiger partial charge in [-0.3, -0.25) is 0 Å². The van der Waals surface area contributed by atoms with E-state index in [1.807, 2.05) is 0 Å². The Kier molecular flexibility index (Phi) is 4.60. The molecule has 1 unspecified atom stereocenters. The molecular weight excluding hydrogens is 357 g/mol. The third-order valence-corrected chi connectivity index (χ3v) is 4.05. The van der Waals surface area contributed by atoms with Crippen LogP contribution in [0.3, 0.4) is 0 Å². The van der Waals surface area contributed by atoms with Gasteiger partial charge in [0.25, 0.3) is 0 Å². The van der Waals surface area contributed by atoms with Crippen LogP contribution in [0, 0.1) is 17.5 Å². The van der Waals surface area contributed by atoms with Gasteiger partial charge in [0.1, 0.15) is 23.2 Å². The second kappa shape index (κ2) is 6.06. The molecule has 2 aromatic carbocycles. The van der Waals surface area contributed by atoms with E-state index in [1.165, 1.54) is 19.2 Å². The minimum absolute atomic E-state index is 0.0839. The Bertz CT molecular complexity index is 625. The second-order valence-electron chi connectivity index (χ2n) is 4.04. The largest absolute Gasteiger partial charge is 0.497 e. The molecule has 0 fully saturated rings. The highest BCUT2D eigenvalue weighted by Gasteiger charge is 2.21. The molecule has 0 amide bonds. The third-order valence-electron chi connectivity index (χ3n) is 2.78. The lowest BCUT2D eigenvalue weighted by atomic mass is 10.0. The van der Waals surface area contributed by atoms with Crippen LogP contribution in [0.4, 0.5) is 13.2 Å². The number of methoxy groups -OCH3 is 1. The maximum absolute atomic E-state index is 14.0. The van der Waals surface area contributed by atoms with Crippen molar-refractivity contribution in [2.75, 3.05) is 7.11 Å². The minimum Gasteiger partial charge on any atom is -0.497 e. The van der Waals surface area contributed by atoms with Gasteiger partial charge in [-0.05, 0) is 17.7 Å². The Balaban J connectivity index is 2.47. The molecule has 0 N–H and O–H groups in total. The van der Waals surface area contributed by atoms with Gasteiger partial charge in [-0.25, -0.2) is 13.2 Å². The van der Waals surface area contributed by atoms with Gasteiger partial charge >= 0.3 is 0 Å². The van der Waals surface area contributed by atoms with Crippen molar-refractivity contribution in [3.63, 3.8) is 0 Å². The number of halogens is 5. The van der Waals surface area contributed by atoms with Gasteiger partial charge in [0, 0.05) is 17.7 Å². The molecule has 0 saturated carbocycles. The summed E-state index contributed by atoms with van der Waals surface area (Å²) in [5, 5.41) is -0.110. The average Bonchev–Trinajstić information content (AvgIpc) is 2.40. The summed E-state index contributed by atoms with van der Waals surface area (Å²) in [5.74, 6) is -2.03. The van der Waals surface area contributed by atoms with Crippen LogP contribution in [0.2, 0.25) is 5.02 Å². The number of hydrogen-bond donors (Lipinski definition) is 0. The summed E-state index contributed by atoms with van der Waals surface area (Å²) in [6, 6.07) is 6.03. The number of rotatable bonds is 3. The Labute approximate surface area is 127 Å². The first-order chi connectivity index (χ1) is 9.43. The highest BCUT2D eigenvalue weighted by molar-refractivity contribution is 9.09. The molecule has 2 aromatic rings. The number of ether oxygens (including phenoxy) is 1. The van der Waals surface area contributed by atoms with Gasteiger partial charge in [0.2, 0.25) is 0 Å². The van der Waals surface area contributed by atoms with Crippen molar-refractivity contribution in [1.82, 2.24) is 0 Å². The SMILES string of the molecule is COc1cc(F)c(C(Br)c2ccc(F)c(Cl)c2)c(F)c1. The fraction of sp³-hybridized carbons (Fsp3) is 0.143. The first kappa shape index (κ1) is 15.2. The predicted molar refractivity (Wildman–Crippen MR) is 75.1 cm³/mol. The molecule has 0 heterocycles. The Hall–Kier alpha value is -1.20. The smallest absolute Gasteiger partial charge is 0.141 e. The topological polar surface area (TPSA) is 9.23 Å². The highest BCUT2D eigenvalue weighted by Crippen LogP contribution is 2.37. The van der Waals surface area contributed by atoms with E-state index in [2.05, 4.69) is 15.9 Å². The van der Waals surface area contributed by atoms with Crippen LogP contribution in [-0.4, -0.2) is 7.11 Å². The summed E-state index contributed by atoms with van der Waals surface area (Å²) < 4.78 is 45.8. The highest BCUT2D eigenvalue weighted by atomic mass is 79.9. The molecule has 0 aliphatic heterocycles. The molecule has 20 heavy (non-hydrogen) atoms.